The zero-order valence-electron chi connectivity index (χ0n) is 23.6. The number of carbonyl (C=O) groups is 1. The average Bonchev–Trinajstić information content (AvgIpc) is 3.13. The van der Waals surface area contributed by atoms with Gasteiger partial charge < -0.3 is 34.3 Å². The minimum absolute atomic E-state index is 0.0624. The van der Waals surface area contributed by atoms with E-state index in [1.54, 1.807) is 0 Å². The molecular weight excluding hydrogens is 488 g/mol. The molecule has 5 aliphatic heterocycles. The maximum Gasteiger partial charge on any atom is 0.336 e. The molecule has 3 N–H and O–H groups in total. The molecule has 5 heterocycles. The highest BCUT2D eigenvalue weighted by molar-refractivity contribution is 5.91. The second-order valence-corrected chi connectivity index (χ2v) is 13.7. The van der Waals surface area contributed by atoms with E-state index in [1.807, 2.05) is 13.8 Å². The molecule has 8 nitrogen and oxygen atoms in total. The Bertz CT molecular complexity index is 992. The van der Waals surface area contributed by atoms with Gasteiger partial charge in [0.25, 0.3) is 0 Å². The van der Waals surface area contributed by atoms with Crippen molar-refractivity contribution in [2.75, 3.05) is 13.2 Å². The Balaban J connectivity index is 1.21. The molecule has 0 radical (unpaired) electrons. The maximum absolute atomic E-state index is 12.0. The lowest BCUT2D eigenvalue weighted by Gasteiger charge is -2.66. The summed E-state index contributed by atoms with van der Waals surface area (Å²) in [6.45, 7) is 14.9. The highest BCUT2D eigenvalue weighted by Crippen LogP contribution is 2.59. The van der Waals surface area contributed by atoms with E-state index >= 15 is 0 Å². The van der Waals surface area contributed by atoms with Gasteiger partial charge in [0, 0.05) is 18.8 Å². The Labute approximate surface area is 226 Å². The molecule has 2 bridgehead atoms. The summed E-state index contributed by atoms with van der Waals surface area (Å²) in [4.78, 5) is 12.0. The zero-order valence-corrected chi connectivity index (χ0v) is 23.6. The Morgan fingerprint density at radius 2 is 1.79 bits per heavy atom. The summed E-state index contributed by atoms with van der Waals surface area (Å²) in [5.41, 5.74) is -0.485. The van der Waals surface area contributed by atoms with Crippen molar-refractivity contribution >= 4 is 5.97 Å². The van der Waals surface area contributed by atoms with Crippen LogP contribution >= 0.6 is 0 Å². The third kappa shape index (κ3) is 4.40. The number of hydrogen-bond donors (Lipinski definition) is 3. The van der Waals surface area contributed by atoms with Crippen LogP contribution in [0.3, 0.4) is 0 Å². The van der Waals surface area contributed by atoms with Crippen LogP contribution in [-0.4, -0.2) is 69.5 Å². The molecule has 6 aliphatic rings. The molecule has 6 rings (SSSR count). The molecule has 0 aromatic heterocycles. The van der Waals surface area contributed by atoms with Gasteiger partial charge in [0.05, 0.1) is 18.3 Å². The third-order valence-electron chi connectivity index (χ3n) is 10.6. The summed E-state index contributed by atoms with van der Waals surface area (Å²) in [5.74, 6) is -2.29. The van der Waals surface area contributed by atoms with E-state index in [0.717, 1.165) is 37.7 Å². The van der Waals surface area contributed by atoms with Crippen LogP contribution in [0, 0.1) is 23.2 Å². The number of aliphatic hydroxyl groups is 3. The van der Waals surface area contributed by atoms with E-state index in [4.69, 9.17) is 18.9 Å². The molecule has 0 amide bonds. The van der Waals surface area contributed by atoms with Crippen molar-refractivity contribution in [3.8, 4) is 0 Å². The van der Waals surface area contributed by atoms with Crippen molar-refractivity contribution in [1.82, 2.24) is 0 Å². The van der Waals surface area contributed by atoms with Crippen LogP contribution in [0.1, 0.15) is 86.0 Å². The number of fused-ring (bicyclic) bond motifs is 2. The SMILES string of the molecule is C=C1CC[C@@H](CC[C@H]2CC[C@]3(OC2)O[C@@]2(O)CC[C@]3(C)OC2(C)C)C(C)(C)[C@H]1[C@H](O)/C=C1\C(=O)OC[C@@H]1O. The van der Waals surface area contributed by atoms with Crippen molar-refractivity contribution < 1.29 is 39.1 Å². The fourth-order valence-corrected chi connectivity index (χ4v) is 7.98. The fourth-order valence-electron chi connectivity index (χ4n) is 7.98. The molecule has 1 saturated carbocycles. The van der Waals surface area contributed by atoms with Crippen molar-refractivity contribution in [1.29, 1.82) is 0 Å². The van der Waals surface area contributed by atoms with Crippen molar-refractivity contribution in [3.63, 3.8) is 0 Å². The lowest BCUT2D eigenvalue weighted by atomic mass is 9.57. The quantitative estimate of drug-likeness (QED) is 0.277. The Hall–Kier alpha value is -1.29. The summed E-state index contributed by atoms with van der Waals surface area (Å²) in [7, 11) is 0. The second kappa shape index (κ2) is 9.38. The molecule has 214 valence electrons. The normalized spacial score (nSPS) is 45.9. The van der Waals surface area contributed by atoms with Gasteiger partial charge in [-0.3, -0.25) is 0 Å². The fraction of sp³-hybridized carbons (Fsp3) is 0.833. The predicted molar refractivity (Wildman–Crippen MR) is 140 cm³/mol. The molecule has 0 unspecified atom stereocenters. The first-order valence-corrected chi connectivity index (χ1v) is 14.3. The number of rotatable bonds is 5. The molecule has 5 saturated heterocycles. The van der Waals surface area contributed by atoms with Crippen molar-refractivity contribution in [2.24, 2.45) is 23.2 Å². The Morgan fingerprint density at radius 3 is 2.39 bits per heavy atom. The molecule has 0 aromatic carbocycles. The molecular formula is C30H46O8. The number of aliphatic hydroxyl groups excluding tert-OH is 2. The van der Waals surface area contributed by atoms with Crippen LogP contribution < -0.4 is 0 Å². The molecule has 8 heteroatoms. The van der Waals surface area contributed by atoms with Crippen LogP contribution in [0.15, 0.2) is 23.8 Å². The van der Waals surface area contributed by atoms with Gasteiger partial charge >= 0.3 is 5.97 Å². The number of hydrogen-bond acceptors (Lipinski definition) is 8. The van der Waals surface area contributed by atoms with E-state index in [9.17, 15) is 20.1 Å². The summed E-state index contributed by atoms with van der Waals surface area (Å²) in [6, 6.07) is 0. The van der Waals surface area contributed by atoms with Crippen LogP contribution in [0.5, 0.6) is 0 Å². The smallest absolute Gasteiger partial charge is 0.336 e. The first-order valence-electron chi connectivity index (χ1n) is 14.3. The monoisotopic (exact) mass is 534 g/mol. The summed E-state index contributed by atoms with van der Waals surface area (Å²) >= 11 is 0. The van der Waals surface area contributed by atoms with Crippen LogP contribution in [-0.2, 0) is 23.7 Å². The van der Waals surface area contributed by atoms with Crippen LogP contribution in [0.4, 0.5) is 0 Å². The van der Waals surface area contributed by atoms with Crippen molar-refractivity contribution in [2.45, 2.75) is 121 Å². The Morgan fingerprint density at radius 1 is 1.05 bits per heavy atom. The zero-order chi connectivity index (χ0) is 27.7. The molecule has 38 heavy (non-hydrogen) atoms. The standard InChI is InChI=1S/C30H46O8/c1-18-7-9-20(26(2,3)24(18)22(31)15-21-23(32)17-35-25(21)33)10-8-19-11-12-30(36-16-19)28(6)13-14-29(34,38-30)27(4,5)37-28/h15,19-20,22-24,31-32,34H,1,7-14,16-17H2,2-6H3/b21-15-/t19-,20-,22+,23-,24+,28-,29-,30-/m0/s1. The van der Waals surface area contributed by atoms with Gasteiger partial charge in [0.2, 0.25) is 5.79 Å². The number of ether oxygens (including phenoxy) is 4. The molecule has 8 atom stereocenters. The highest BCUT2D eigenvalue weighted by Gasteiger charge is 2.71. The van der Waals surface area contributed by atoms with E-state index in [0.29, 0.717) is 37.7 Å². The first-order chi connectivity index (χ1) is 17.6. The number of cyclic esters (lactones) is 1. The highest BCUT2D eigenvalue weighted by atomic mass is 16.8. The minimum atomic E-state index is -1.34. The van der Waals surface area contributed by atoms with Gasteiger partial charge in [-0.2, -0.15) is 0 Å². The van der Waals surface area contributed by atoms with Gasteiger partial charge in [-0.05, 0) is 82.6 Å². The minimum Gasteiger partial charge on any atom is -0.459 e. The second-order valence-electron chi connectivity index (χ2n) is 13.7. The first kappa shape index (κ1) is 28.2. The van der Waals surface area contributed by atoms with Crippen LogP contribution in [0.25, 0.3) is 0 Å². The van der Waals surface area contributed by atoms with Gasteiger partial charge in [-0.15, -0.1) is 0 Å². The topological polar surface area (TPSA) is 115 Å². The molecule has 6 fully saturated rings. The lowest BCUT2D eigenvalue weighted by molar-refractivity contribution is -0.522. The van der Waals surface area contributed by atoms with E-state index < -0.39 is 41.0 Å². The van der Waals surface area contributed by atoms with Gasteiger partial charge in [-0.1, -0.05) is 26.0 Å². The maximum atomic E-state index is 12.0. The van der Waals surface area contributed by atoms with Crippen molar-refractivity contribution in [3.05, 3.63) is 23.8 Å². The summed E-state index contributed by atoms with van der Waals surface area (Å²) in [6.07, 6.45) is 6.26. The van der Waals surface area contributed by atoms with Gasteiger partial charge in [0.15, 0.2) is 5.79 Å². The largest absolute Gasteiger partial charge is 0.459 e. The van der Waals surface area contributed by atoms with Crippen LogP contribution in [0.2, 0.25) is 0 Å². The predicted octanol–water partition coefficient (Wildman–Crippen LogP) is 3.77. The third-order valence-corrected chi connectivity index (χ3v) is 10.6. The van der Waals surface area contributed by atoms with E-state index in [-0.39, 0.29) is 23.5 Å². The molecule has 0 aromatic rings. The molecule has 1 spiro atoms. The van der Waals surface area contributed by atoms with E-state index in [1.165, 1.54) is 6.08 Å². The number of esters is 1. The average molecular weight is 535 g/mol. The molecule has 1 aliphatic carbocycles. The van der Waals surface area contributed by atoms with Gasteiger partial charge in [-0.25, -0.2) is 4.79 Å². The number of carbonyl (C=O) groups excluding carboxylic acids is 1. The Kier molecular flexibility index (Phi) is 6.98. The van der Waals surface area contributed by atoms with Gasteiger partial charge in [0.1, 0.15) is 23.9 Å². The summed E-state index contributed by atoms with van der Waals surface area (Å²) in [5, 5.41) is 32.4. The van der Waals surface area contributed by atoms with E-state index in [2.05, 4.69) is 27.4 Å². The lowest BCUT2D eigenvalue weighted by Crippen LogP contribution is -2.78. The summed E-state index contributed by atoms with van der Waals surface area (Å²) < 4.78 is 24.1.